The molecule has 0 saturated carbocycles. The molecular weight excluding hydrogens is 194 g/mol. The molecule has 15 heavy (non-hydrogen) atoms. The van der Waals surface area contributed by atoms with Gasteiger partial charge in [0.2, 0.25) is 0 Å². The van der Waals surface area contributed by atoms with Crippen molar-refractivity contribution in [1.29, 1.82) is 0 Å². The molecule has 0 amide bonds. The van der Waals surface area contributed by atoms with E-state index >= 15 is 0 Å². The first kappa shape index (κ1) is 12.5. The molecule has 4 heteroatoms. The van der Waals surface area contributed by atoms with E-state index in [1.54, 1.807) is 0 Å². The lowest BCUT2D eigenvalue weighted by Gasteiger charge is -2.09. The van der Waals surface area contributed by atoms with Crippen LogP contribution in [0.3, 0.4) is 0 Å². The van der Waals surface area contributed by atoms with Gasteiger partial charge < -0.3 is 15.2 Å². The molecule has 1 aliphatic heterocycles. The van der Waals surface area contributed by atoms with E-state index in [-0.39, 0.29) is 12.0 Å². The summed E-state index contributed by atoms with van der Waals surface area (Å²) in [5.41, 5.74) is 0. The Labute approximate surface area is 91.0 Å². The maximum atomic E-state index is 11.4. The minimum Gasteiger partial charge on any atom is -0.465 e. The molecule has 0 radical (unpaired) electrons. The molecule has 1 fully saturated rings. The van der Waals surface area contributed by atoms with Crippen molar-refractivity contribution in [2.24, 2.45) is 0 Å². The Morgan fingerprint density at radius 1 is 1.47 bits per heavy atom. The Morgan fingerprint density at radius 3 is 2.87 bits per heavy atom. The van der Waals surface area contributed by atoms with Crippen LogP contribution in [0.4, 0.5) is 0 Å². The Bertz CT molecular complexity index is 196. The fourth-order valence-corrected chi connectivity index (χ4v) is 1.70. The normalized spacial score (nSPS) is 25.5. The number of rotatable bonds is 6. The number of carbonyl (C=O) groups excluding carboxylic acids is 1. The maximum absolute atomic E-state index is 11.4. The van der Waals surface area contributed by atoms with Gasteiger partial charge in [0.15, 0.2) is 0 Å². The lowest BCUT2D eigenvalue weighted by molar-refractivity contribution is -0.146. The summed E-state index contributed by atoms with van der Waals surface area (Å²) in [7, 11) is 0. The van der Waals surface area contributed by atoms with Crippen molar-refractivity contribution in [2.75, 3.05) is 13.2 Å². The second-order valence-corrected chi connectivity index (χ2v) is 4.08. The van der Waals surface area contributed by atoms with Gasteiger partial charge in [-0.25, -0.2) is 0 Å². The van der Waals surface area contributed by atoms with Gasteiger partial charge in [-0.1, -0.05) is 26.2 Å². The molecule has 0 aromatic rings. The topological polar surface area (TPSA) is 58.6 Å². The molecule has 0 bridgehead atoms. The largest absolute Gasteiger partial charge is 0.465 e. The van der Waals surface area contributed by atoms with E-state index < -0.39 is 6.10 Å². The van der Waals surface area contributed by atoms with Gasteiger partial charge in [-0.05, 0) is 6.42 Å². The summed E-state index contributed by atoms with van der Waals surface area (Å²) in [5.74, 6) is -0.219. The molecule has 0 aliphatic carbocycles. The van der Waals surface area contributed by atoms with Gasteiger partial charge in [0.25, 0.3) is 0 Å². The average molecular weight is 215 g/mol. The number of unbranched alkanes of at least 4 members (excludes halogenated alkanes) is 3. The van der Waals surface area contributed by atoms with Crippen LogP contribution in [0, 0.1) is 0 Å². The van der Waals surface area contributed by atoms with Crippen molar-refractivity contribution < 1.29 is 14.6 Å². The Kier molecular flexibility index (Phi) is 5.65. The smallest absolute Gasteiger partial charge is 0.323 e. The summed E-state index contributed by atoms with van der Waals surface area (Å²) in [6.45, 7) is 3.15. The molecule has 1 rings (SSSR count). The molecule has 0 unspecified atom stereocenters. The van der Waals surface area contributed by atoms with Gasteiger partial charge in [-0.3, -0.25) is 4.79 Å². The zero-order valence-corrected chi connectivity index (χ0v) is 9.37. The predicted octanol–water partition coefficient (Wildman–Crippen LogP) is 0.833. The van der Waals surface area contributed by atoms with Crippen LogP contribution in [-0.4, -0.2) is 36.4 Å². The minimum atomic E-state index is -0.400. The molecule has 4 nitrogen and oxygen atoms in total. The third kappa shape index (κ3) is 4.62. The standard InChI is InChI=1S/C11H21NO3/c1-2-3-4-5-6-15-11(14)10-7-9(13)8-12-10/h9-10,12-13H,2-8H2,1H3/t9-,10-/m1/s1. The maximum Gasteiger partial charge on any atom is 0.323 e. The summed E-state index contributed by atoms with van der Waals surface area (Å²) in [5, 5.41) is 12.2. The Morgan fingerprint density at radius 2 is 2.27 bits per heavy atom. The molecule has 1 heterocycles. The molecule has 1 saturated heterocycles. The molecule has 0 aromatic carbocycles. The summed E-state index contributed by atoms with van der Waals surface area (Å²) in [6.07, 6.45) is 4.51. The molecule has 1 aliphatic rings. The van der Waals surface area contributed by atoms with E-state index in [4.69, 9.17) is 4.74 Å². The average Bonchev–Trinajstić information content (AvgIpc) is 2.64. The van der Waals surface area contributed by atoms with Crippen LogP contribution < -0.4 is 5.32 Å². The first-order valence-electron chi connectivity index (χ1n) is 5.82. The quantitative estimate of drug-likeness (QED) is 0.509. The third-order valence-corrected chi connectivity index (χ3v) is 2.63. The number of hydrogen-bond donors (Lipinski definition) is 2. The fourth-order valence-electron chi connectivity index (χ4n) is 1.70. The molecule has 0 spiro atoms. The molecule has 2 N–H and O–H groups in total. The van der Waals surface area contributed by atoms with Crippen LogP contribution >= 0.6 is 0 Å². The lowest BCUT2D eigenvalue weighted by atomic mass is 10.2. The van der Waals surface area contributed by atoms with Crippen molar-refractivity contribution in [3.63, 3.8) is 0 Å². The first-order chi connectivity index (χ1) is 7.24. The van der Waals surface area contributed by atoms with Crippen LogP contribution in [-0.2, 0) is 9.53 Å². The van der Waals surface area contributed by atoms with Crippen LogP contribution in [0.25, 0.3) is 0 Å². The predicted molar refractivity (Wildman–Crippen MR) is 57.5 cm³/mol. The number of β-amino-alcohol motifs (C(OH)–C–C–N with tert-alkyl or cyclic N) is 1. The van der Waals surface area contributed by atoms with E-state index in [1.165, 1.54) is 12.8 Å². The van der Waals surface area contributed by atoms with Crippen molar-refractivity contribution >= 4 is 5.97 Å². The highest BCUT2D eigenvalue weighted by atomic mass is 16.5. The minimum absolute atomic E-state index is 0.219. The number of aliphatic hydroxyl groups excluding tert-OH is 1. The zero-order valence-electron chi connectivity index (χ0n) is 9.37. The van der Waals surface area contributed by atoms with E-state index in [0.717, 1.165) is 12.8 Å². The molecule has 2 atom stereocenters. The van der Waals surface area contributed by atoms with Crippen LogP contribution in [0.1, 0.15) is 39.0 Å². The second-order valence-electron chi connectivity index (χ2n) is 4.08. The van der Waals surface area contributed by atoms with Crippen LogP contribution in [0.2, 0.25) is 0 Å². The van der Waals surface area contributed by atoms with Gasteiger partial charge >= 0.3 is 5.97 Å². The van der Waals surface area contributed by atoms with Crippen molar-refractivity contribution in [3.8, 4) is 0 Å². The van der Waals surface area contributed by atoms with Crippen molar-refractivity contribution in [1.82, 2.24) is 5.32 Å². The molecule has 0 aromatic heterocycles. The summed E-state index contributed by atoms with van der Waals surface area (Å²) in [4.78, 5) is 11.4. The van der Waals surface area contributed by atoms with Crippen LogP contribution in [0.5, 0.6) is 0 Å². The zero-order chi connectivity index (χ0) is 11.1. The van der Waals surface area contributed by atoms with Crippen LogP contribution in [0.15, 0.2) is 0 Å². The summed E-state index contributed by atoms with van der Waals surface area (Å²) in [6, 6.07) is -0.300. The number of esters is 1. The van der Waals surface area contributed by atoms with E-state index in [2.05, 4.69) is 12.2 Å². The van der Waals surface area contributed by atoms with Gasteiger partial charge in [-0.15, -0.1) is 0 Å². The second kappa shape index (κ2) is 6.80. The van der Waals surface area contributed by atoms with E-state index in [9.17, 15) is 9.90 Å². The van der Waals surface area contributed by atoms with Crippen molar-refractivity contribution in [2.45, 2.75) is 51.2 Å². The van der Waals surface area contributed by atoms with Gasteiger partial charge in [-0.2, -0.15) is 0 Å². The summed E-state index contributed by atoms with van der Waals surface area (Å²) >= 11 is 0. The first-order valence-corrected chi connectivity index (χ1v) is 5.82. The number of ether oxygens (including phenoxy) is 1. The SMILES string of the molecule is CCCCCCOC(=O)[C@H]1C[C@@H](O)CN1. The number of hydrogen-bond acceptors (Lipinski definition) is 4. The monoisotopic (exact) mass is 215 g/mol. The van der Waals surface area contributed by atoms with E-state index in [0.29, 0.717) is 19.6 Å². The Balaban J connectivity index is 2.03. The Hall–Kier alpha value is -0.610. The highest BCUT2D eigenvalue weighted by Gasteiger charge is 2.28. The lowest BCUT2D eigenvalue weighted by Crippen LogP contribution is -2.32. The fraction of sp³-hybridized carbons (Fsp3) is 0.909. The van der Waals surface area contributed by atoms with Gasteiger partial charge in [0.1, 0.15) is 6.04 Å². The molecular formula is C11H21NO3. The molecule has 88 valence electrons. The van der Waals surface area contributed by atoms with E-state index in [1.807, 2.05) is 0 Å². The number of carbonyl (C=O) groups is 1. The highest BCUT2D eigenvalue weighted by Crippen LogP contribution is 2.08. The van der Waals surface area contributed by atoms with Gasteiger partial charge in [0.05, 0.1) is 12.7 Å². The van der Waals surface area contributed by atoms with Crippen molar-refractivity contribution in [3.05, 3.63) is 0 Å². The number of nitrogens with one attached hydrogen (secondary N) is 1. The third-order valence-electron chi connectivity index (χ3n) is 2.63. The summed E-state index contributed by atoms with van der Waals surface area (Å²) < 4.78 is 5.11. The van der Waals surface area contributed by atoms with Gasteiger partial charge in [0, 0.05) is 13.0 Å². The highest BCUT2D eigenvalue weighted by molar-refractivity contribution is 5.76. The number of aliphatic hydroxyl groups is 1.